The number of aromatic nitrogens is 5. The number of amides is 1. The zero-order valence-corrected chi connectivity index (χ0v) is 26.3. The Morgan fingerprint density at radius 1 is 1.12 bits per heavy atom. The second-order valence-electron chi connectivity index (χ2n) is 13.0. The van der Waals surface area contributed by atoms with E-state index in [1.165, 1.54) is 13.8 Å². The smallest absolute Gasteiger partial charge is 0.378 e. The van der Waals surface area contributed by atoms with E-state index in [4.69, 9.17) is 0 Å². The molecule has 0 spiro atoms. The number of pyridine rings is 1. The second-order valence-corrected chi connectivity index (χ2v) is 13.0. The van der Waals surface area contributed by atoms with Gasteiger partial charge in [0.05, 0.1) is 23.4 Å². The van der Waals surface area contributed by atoms with Gasteiger partial charge in [-0.1, -0.05) is 18.1 Å². The zero-order valence-electron chi connectivity index (χ0n) is 26.3. The third-order valence-electron chi connectivity index (χ3n) is 8.72. The fourth-order valence-electron chi connectivity index (χ4n) is 6.61. The van der Waals surface area contributed by atoms with Crippen LogP contribution in [0.1, 0.15) is 66.1 Å². The van der Waals surface area contributed by atoms with E-state index in [9.17, 15) is 31.9 Å². The minimum atomic E-state index is -5.03. The van der Waals surface area contributed by atoms with Crippen molar-refractivity contribution in [1.29, 1.82) is 0 Å². The molecule has 0 aliphatic heterocycles. The van der Waals surface area contributed by atoms with Crippen LogP contribution in [0.4, 0.5) is 30.7 Å². The van der Waals surface area contributed by atoms with Crippen molar-refractivity contribution in [2.45, 2.75) is 62.9 Å². The van der Waals surface area contributed by atoms with Crippen LogP contribution >= 0.6 is 0 Å². The van der Waals surface area contributed by atoms with Crippen LogP contribution in [0.25, 0.3) is 22.0 Å². The summed E-state index contributed by atoms with van der Waals surface area (Å²) in [7, 11) is 0. The van der Waals surface area contributed by atoms with Crippen LogP contribution in [0.15, 0.2) is 54.7 Å². The number of halogens is 7. The summed E-state index contributed by atoms with van der Waals surface area (Å²) in [6.45, 7) is 1.91. The Morgan fingerprint density at radius 2 is 1.86 bits per heavy atom. The van der Waals surface area contributed by atoms with Gasteiger partial charge in [-0.3, -0.25) is 14.6 Å². The fraction of sp³-hybridized carbons (Fsp3) is 0.314. The van der Waals surface area contributed by atoms with Gasteiger partial charge in [-0.2, -0.15) is 32.1 Å². The molecule has 258 valence electrons. The molecular formula is C35H27F7N6O2. The van der Waals surface area contributed by atoms with Gasteiger partial charge in [0.1, 0.15) is 35.2 Å². The van der Waals surface area contributed by atoms with Crippen LogP contribution in [0, 0.1) is 29.4 Å². The number of nitrogens with zero attached hydrogens (tertiary/aromatic N) is 4. The summed E-state index contributed by atoms with van der Waals surface area (Å²) >= 11 is 0. The predicted octanol–water partition coefficient (Wildman–Crippen LogP) is 6.55. The van der Waals surface area contributed by atoms with Gasteiger partial charge >= 0.3 is 6.18 Å². The zero-order chi connectivity index (χ0) is 35.7. The standard InChI is InChI=1S/C35H27F7N6O2/c1-33(2,50)9-8-20-6-7-22(21-4-3-5-26-24(21)15-43-46-26)30(44-20)27(12-17-10-18(36)13-19(37)11-17)45-28(49)16-48-32-29(31(47-48)35(40,41)42)23-14-25(23)34(32,38)39/h3-7,10-11,13,15,23,25,27,50H,12,14,16H2,1-2H3,(H,43,46)(H,45,49)/t23-,25?,27-/m0/s1. The van der Waals surface area contributed by atoms with E-state index in [0.717, 1.165) is 12.1 Å². The van der Waals surface area contributed by atoms with E-state index in [2.05, 4.69) is 37.4 Å². The van der Waals surface area contributed by atoms with E-state index in [-0.39, 0.29) is 29.8 Å². The Morgan fingerprint density at radius 3 is 2.56 bits per heavy atom. The lowest BCUT2D eigenvalue weighted by atomic mass is 9.93. The number of rotatable bonds is 7. The molecular weight excluding hydrogens is 669 g/mol. The maximum Gasteiger partial charge on any atom is 0.435 e. The lowest BCUT2D eigenvalue weighted by Crippen LogP contribution is -2.35. The molecule has 1 saturated carbocycles. The second kappa shape index (κ2) is 11.7. The van der Waals surface area contributed by atoms with Gasteiger partial charge in [-0.25, -0.2) is 13.8 Å². The van der Waals surface area contributed by atoms with E-state index < -0.39 is 76.6 Å². The van der Waals surface area contributed by atoms with Crippen molar-refractivity contribution >= 4 is 16.8 Å². The Balaban J connectivity index is 1.33. The molecule has 1 fully saturated rings. The maximum absolute atomic E-state index is 15.2. The SMILES string of the molecule is CC(C)(O)C#Cc1ccc(-c2cccc3[nH]ncc23)c([C@H](Cc2cc(F)cc(F)c2)NC(=O)Cn2nc(C(F)(F)F)c3c2C(F)(F)C2C[C@H]32)n1. The molecule has 0 radical (unpaired) electrons. The minimum absolute atomic E-state index is 0.0843. The first-order chi connectivity index (χ1) is 23.5. The van der Waals surface area contributed by atoms with Gasteiger partial charge in [0.15, 0.2) is 5.69 Å². The summed E-state index contributed by atoms with van der Waals surface area (Å²) in [6.07, 6.45) is -3.86. The van der Waals surface area contributed by atoms with Crippen LogP contribution in [0.3, 0.4) is 0 Å². The monoisotopic (exact) mass is 696 g/mol. The van der Waals surface area contributed by atoms with Crippen LogP contribution in [-0.4, -0.2) is 41.6 Å². The molecule has 7 rings (SSSR count). The number of nitrogens with one attached hydrogen (secondary N) is 2. The van der Waals surface area contributed by atoms with Crippen molar-refractivity contribution in [1.82, 2.24) is 30.3 Å². The highest BCUT2D eigenvalue weighted by molar-refractivity contribution is 5.95. The third kappa shape index (κ3) is 6.19. The highest BCUT2D eigenvalue weighted by Gasteiger charge is 2.68. The number of carbonyl (C=O) groups excluding carboxylic acids is 1. The average Bonchev–Trinajstić information content (AvgIpc) is 3.39. The summed E-state index contributed by atoms with van der Waals surface area (Å²) in [5, 5.41) is 23.9. The van der Waals surface area contributed by atoms with E-state index in [1.807, 2.05) is 0 Å². The molecule has 2 aliphatic rings. The number of aliphatic hydroxyl groups is 1. The molecule has 8 nitrogen and oxygen atoms in total. The number of hydrogen-bond acceptors (Lipinski definition) is 5. The molecule has 3 aromatic heterocycles. The van der Waals surface area contributed by atoms with E-state index in [1.54, 1.807) is 36.5 Å². The summed E-state index contributed by atoms with van der Waals surface area (Å²) < 4.78 is 101. The Hall–Kier alpha value is -5.23. The Bertz CT molecular complexity index is 2200. The van der Waals surface area contributed by atoms with E-state index in [0.29, 0.717) is 32.8 Å². The molecule has 2 aliphatic carbocycles. The quantitative estimate of drug-likeness (QED) is 0.132. The molecule has 1 unspecified atom stereocenters. The molecule has 5 aromatic rings. The third-order valence-corrected chi connectivity index (χ3v) is 8.72. The molecule has 0 bridgehead atoms. The summed E-state index contributed by atoms with van der Waals surface area (Å²) in [5.41, 5.74) is -2.37. The van der Waals surface area contributed by atoms with Gasteiger partial charge < -0.3 is 10.4 Å². The van der Waals surface area contributed by atoms with Crippen molar-refractivity contribution in [3.63, 3.8) is 0 Å². The van der Waals surface area contributed by atoms with Crippen LogP contribution in [0.5, 0.6) is 0 Å². The maximum atomic E-state index is 15.2. The minimum Gasteiger partial charge on any atom is -0.378 e. The van der Waals surface area contributed by atoms with Crippen molar-refractivity contribution in [3.8, 4) is 23.0 Å². The van der Waals surface area contributed by atoms with Crippen LogP contribution in [-0.2, 0) is 29.9 Å². The molecule has 3 atom stereocenters. The summed E-state index contributed by atoms with van der Waals surface area (Å²) in [4.78, 5) is 18.4. The van der Waals surface area contributed by atoms with Gasteiger partial charge in [0.2, 0.25) is 5.91 Å². The first kappa shape index (κ1) is 33.3. The average molecular weight is 697 g/mol. The van der Waals surface area contributed by atoms with Crippen LogP contribution in [0.2, 0.25) is 0 Å². The summed E-state index contributed by atoms with van der Waals surface area (Å²) in [5.74, 6) is -3.34. The Labute approximate surface area is 279 Å². The lowest BCUT2D eigenvalue weighted by Gasteiger charge is -2.23. The fourth-order valence-corrected chi connectivity index (χ4v) is 6.61. The van der Waals surface area contributed by atoms with Crippen molar-refractivity contribution in [2.75, 3.05) is 0 Å². The molecule has 50 heavy (non-hydrogen) atoms. The van der Waals surface area contributed by atoms with Gasteiger partial charge in [0.25, 0.3) is 5.92 Å². The van der Waals surface area contributed by atoms with Gasteiger partial charge in [-0.05, 0) is 80.0 Å². The number of fused-ring (bicyclic) bond motifs is 4. The van der Waals surface area contributed by atoms with Gasteiger partial charge in [-0.15, -0.1) is 0 Å². The lowest BCUT2D eigenvalue weighted by molar-refractivity contribution is -0.142. The first-order valence-electron chi connectivity index (χ1n) is 15.5. The molecule has 3 heterocycles. The molecule has 0 saturated heterocycles. The number of alkyl halides is 5. The predicted molar refractivity (Wildman–Crippen MR) is 165 cm³/mol. The van der Waals surface area contributed by atoms with Crippen LogP contribution < -0.4 is 5.32 Å². The number of H-pyrrole nitrogens is 1. The molecule has 1 amide bonds. The highest BCUT2D eigenvalue weighted by Crippen LogP contribution is 2.68. The number of carbonyl (C=O) groups is 1. The number of aromatic amines is 1. The normalized spacial score (nSPS) is 18.3. The van der Waals surface area contributed by atoms with Crippen molar-refractivity contribution in [2.24, 2.45) is 5.92 Å². The highest BCUT2D eigenvalue weighted by atomic mass is 19.4. The van der Waals surface area contributed by atoms with Crippen molar-refractivity contribution < 1.29 is 40.6 Å². The number of benzene rings is 2. The van der Waals surface area contributed by atoms with Crippen molar-refractivity contribution in [3.05, 3.63) is 100 Å². The summed E-state index contributed by atoms with van der Waals surface area (Å²) in [6, 6.07) is 9.98. The Kier molecular flexibility index (Phi) is 7.78. The molecule has 2 aromatic carbocycles. The topological polar surface area (TPSA) is 109 Å². The first-order valence-corrected chi connectivity index (χ1v) is 15.5. The number of hydrogen-bond donors (Lipinski definition) is 3. The van der Waals surface area contributed by atoms with E-state index >= 15 is 8.78 Å². The molecule has 3 N–H and O–H groups in total. The van der Waals surface area contributed by atoms with Gasteiger partial charge in [0, 0.05) is 28.5 Å². The largest absolute Gasteiger partial charge is 0.435 e. The molecule has 15 heteroatoms.